The van der Waals surface area contributed by atoms with Crippen LogP contribution in [-0.4, -0.2) is 26.2 Å². The summed E-state index contributed by atoms with van der Waals surface area (Å²) in [6.45, 7) is 4.08. The maximum Gasteiger partial charge on any atom is 0.238 e. The highest BCUT2D eigenvalue weighted by Crippen LogP contribution is 2.29. The number of amides is 1. The summed E-state index contributed by atoms with van der Waals surface area (Å²) in [5, 5.41) is 16.1. The lowest BCUT2D eigenvalue weighted by atomic mass is 10.1. The number of nitrogens with one attached hydrogen (secondary N) is 1. The Morgan fingerprint density at radius 1 is 1.21 bits per heavy atom. The van der Waals surface area contributed by atoms with Crippen molar-refractivity contribution in [1.29, 1.82) is 0 Å². The van der Waals surface area contributed by atoms with Gasteiger partial charge < -0.3 is 14.3 Å². The van der Waals surface area contributed by atoms with Gasteiger partial charge in [-0.3, -0.25) is 4.79 Å². The van der Waals surface area contributed by atoms with E-state index in [0.717, 1.165) is 16.1 Å². The van der Waals surface area contributed by atoms with Gasteiger partial charge in [-0.2, -0.15) is 4.98 Å². The van der Waals surface area contributed by atoms with E-state index in [1.807, 2.05) is 26.0 Å². The van der Waals surface area contributed by atoms with Crippen LogP contribution < -0.4 is 5.32 Å². The van der Waals surface area contributed by atoms with Crippen LogP contribution in [0.25, 0.3) is 22.2 Å². The summed E-state index contributed by atoms with van der Waals surface area (Å²) < 4.78 is 10.4. The van der Waals surface area contributed by atoms with Gasteiger partial charge in [0.15, 0.2) is 5.76 Å². The van der Waals surface area contributed by atoms with Crippen LogP contribution >= 0.6 is 11.3 Å². The molecule has 0 saturated heterocycles. The lowest BCUT2D eigenvalue weighted by molar-refractivity contribution is -0.116. The highest BCUT2D eigenvalue weighted by atomic mass is 32.1. The highest BCUT2D eigenvalue weighted by molar-refractivity contribution is 7.18. The number of furan rings is 1. The average molecular weight is 395 g/mol. The Bertz CT molecular complexity index is 1100. The van der Waals surface area contributed by atoms with Crippen molar-refractivity contribution in [2.45, 2.75) is 26.7 Å². The fourth-order valence-corrected chi connectivity index (χ4v) is 3.55. The van der Waals surface area contributed by atoms with Crippen molar-refractivity contribution in [1.82, 2.24) is 20.3 Å². The van der Waals surface area contributed by atoms with Gasteiger partial charge in [0.05, 0.1) is 6.26 Å². The van der Waals surface area contributed by atoms with Gasteiger partial charge in [0.2, 0.25) is 22.8 Å². The van der Waals surface area contributed by atoms with Gasteiger partial charge in [-0.25, -0.2) is 0 Å². The Balaban J connectivity index is 1.35. The molecular weight excluding hydrogens is 378 g/mol. The van der Waals surface area contributed by atoms with Gasteiger partial charge in [-0.1, -0.05) is 40.3 Å². The maximum absolute atomic E-state index is 12.2. The Morgan fingerprint density at radius 2 is 2.11 bits per heavy atom. The Kier molecular flexibility index (Phi) is 4.98. The first-order valence-corrected chi connectivity index (χ1v) is 9.47. The molecule has 1 aromatic carbocycles. The first kappa shape index (κ1) is 18.1. The van der Waals surface area contributed by atoms with E-state index in [1.165, 1.54) is 23.2 Å². The van der Waals surface area contributed by atoms with Crippen LogP contribution in [-0.2, 0) is 11.2 Å². The van der Waals surface area contributed by atoms with E-state index in [2.05, 4.69) is 31.7 Å². The molecule has 1 N–H and O–H groups in total. The molecule has 0 atom stereocenters. The summed E-state index contributed by atoms with van der Waals surface area (Å²) >= 11 is 1.34. The molecule has 1 amide bonds. The molecule has 0 saturated carbocycles. The number of carbonyl (C=O) groups excluding carboxylic acids is 1. The normalized spacial score (nSPS) is 10.9. The van der Waals surface area contributed by atoms with Crippen molar-refractivity contribution >= 4 is 22.4 Å². The molecule has 0 bridgehead atoms. The van der Waals surface area contributed by atoms with Gasteiger partial charge in [0.25, 0.3) is 0 Å². The molecule has 0 unspecified atom stereocenters. The second-order valence-electron chi connectivity index (χ2n) is 6.27. The summed E-state index contributed by atoms with van der Waals surface area (Å²) in [5.41, 5.74) is 3.33. The fourth-order valence-electron chi connectivity index (χ4n) is 2.70. The predicted molar refractivity (Wildman–Crippen MR) is 104 cm³/mol. The van der Waals surface area contributed by atoms with E-state index >= 15 is 0 Å². The van der Waals surface area contributed by atoms with Crippen LogP contribution in [0.5, 0.6) is 0 Å². The molecule has 28 heavy (non-hydrogen) atoms. The molecule has 0 aliphatic carbocycles. The zero-order chi connectivity index (χ0) is 19.5. The van der Waals surface area contributed by atoms with Crippen molar-refractivity contribution in [3.63, 3.8) is 0 Å². The molecule has 0 radical (unpaired) electrons. The van der Waals surface area contributed by atoms with Crippen molar-refractivity contribution in [2.75, 3.05) is 5.32 Å². The maximum atomic E-state index is 12.2. The monoisotopic (exact) mass is 395 g/mol. The van der Waals surface area contributed by atoms with Gasteiger partial charge in [-0.15, -0.1) is 10.2 Å². The number of hydrogen-bond donors (Lipinski definition) is 1. The lowest BCUT2D eigenvalue weighted by Crippen LogP contribution is -2.12. The van der Waals surface area contributed by atoms with E-state index in [9.17, 15) is 4.79 Å². The summed E-state index contributed by atoms with van der Waals surface area (Å²) in [4.78, 5) is 16.4. The molecule has 3 aromatic heterocycles. The molecule has 9 heteroatoms. The summed E-state index contributed by atoms with van der Waals surface area (Å²) in [6.07, 6.45) is 2.05. The Hall–Kier alpha value is -3.33. The van der Waals surface area contributed by atoms with Gasteiger partial charge in [0, 0.05) is 18.4 Å². The third-order valence-corrected chi connectivity index (χ3v) is 4.93. The van der Waals surface area contributed by atoms with Gasteiger partial charge in [0.1, 0.15) is 5.01 Å². The van der Waals surface area contributed by atoms with E-state index in [1.54, 1.807) is 12.1 Å². The first-order valence-electron chi connectivity index (χ1n) is 8.66. The number of aryl methyl sites for hydroxylation is 3. The zero-order valence-corrected chi connectivity index (χ0v) is 16.1. The molecule has 0 aliphatic rings. The number of nitrogens with zero attached hydrogens (tertiary/aromatic N) is 4. The number of rotatable bonds is 6. The van der Waals surface area contributed by atoms with E-state index < -0.39 is 0 Å². The second-order valence-corrected chi connectivity index (χ2v) is 7.25. The lowest BCUT2D eigenvalue weighted by Gasteiger charge is -2.02. The van der Waals surface area contributed by atoms with Crippen LogP contribution in [0.2, 0.25) is 0 Å². The molecule has 3 heterocycles. The van der Waals surface area contributed by atoms with Crippen LogP contribution in [0.3, 0.4) is 0 Å². The van der Waals surface area contributed by atoms with Crippen molar-refractivity contribution in [3.05, 3.63) is 53.6 Å². The quantitative estimate of drug-likeness (QED) is 0.525. The molecule has 0 aliphatic heterocycles. The van der Waals surface area contributed by atoms with Crippen molar-refractivity contribution in [2.24, 2.45) is 0 Å². The molecule has 8 nitrogen and oxygen atoms in total. The van der Waals surface area contributed by atoms with E-state index in [-0.39, 0.29) is 12.3 Å². The smallest absolute Gasteiger partial charge is 0.238 e. The topological polar surface area (TPSA) is 107 Å². The van der Waals surface area contributed by atoms with Gasteiger partial charge in [-0.05, 0) is 31.5 Å². The molecule has 4 rings (SSSR count). The average Bonchev–Trinajstić information content (AvgIpc) is 3.41. The Labute approximate surface area is 164 Å². The zero-order valence-electron chi connectivity index (χ0n) is 15.3. The Morgan fingerprint density at radius 3 is 2.89 bits per heavy atom. The largest absolute Gasteiger partial charge is 0.461 e. The summed E-state index contributed by atoms with van der Waals surface area (Å²) in [7, 11) is 0. The SMILES string of the molecule is Cc1ccc(-c2nnc(NC(=O)CCc3nc(-c4ccco4)no3)s2)c(C)c1. The minimum atomic E-state index is -0.193. The van der Waals surface area contributed by atoms with Crippen LogP contribution in [0, 0.1) is 13.8 Å². The fraction of sp³-hybridized carbons (Fsp3) is 0.211. The van der Waals surface area contributed by atoms with Crippen LogP contribution in [0.15, 0.2) is 45.5 Å². The summed E-state index contributed by atoms with van der Waals surface area (Å²) in [5.74, 6) is 1.06. The van der Waals surface area contributed by atoms with E-state index in [4.69, 9.17) is 8.94 Å². The predicted octanol–water partition coefficient (Wildman–Crippen LogP) is 4.04. The van der Waals surface area contributed by atoms with Crippen molar-refractivity contribution < 1.29 is 13.7 Å². The molecule has 142 valence electrons. The molecule has 4 aromatic rings. The van der Waals surface area contributed by atoms with Crippen LogP contribution in [0.1, 0.15) is 23.4 Å². The standard InChI is InChI=1S/C19H17N5O3S/c1-11-5-6-13(12(2)10-11)18-22-23-19(28-18)20-15(25)7-8-16-21-17(24-27-16)14-4-3-9-26-14/h3-6,9-10H,7-8H2,1-2H3,(H,20,23,25). The number of aromatic nitrogens is 4. The number of hydrogen-bond acceptors (Lipinski definition) is 8. The number of benzene rings is 1. The van der Waals surface area contributed by atoms with Crippen LogP contribution in [0.4, 0.5) is 5.13 Å². The first-order chi connectivity index (χ1) is 13.6. The molecular formula is C19H17N5O3S. The minimum absolute atomic E-state index is 0.193. The second kappa shape index (κ2) is 7.73. The third-order valence-electron chi connectivity index (χ3n) is 4.06. The summed E-state index contributed by atoms with van der Waals surface area (Å²) in [6, 6.07) is 9.63. The number of carbonyl (C=O) groups is 1. The van der Waals surface area contributed by atoms with Crippen molar-refractivity contribution in [3.8, 4) is 22.2 Å². The van der Waals surface area contributed by atoms with Gasteiger partial charge >= 0.3 is 0 Å². The number of anilines is 1. The van der Waals surface area contributed by atoms with E-state index in [0.29, 0.717) is 29.0 Å². The third kappa shape index (κ3) is 3.99. The highest BCUT2D eigenvalue weighted by Gasteiger charge is 2.14. The molecule has 0 spiro atoms. The molecule has 0 fully saturated rings. The minimum Gasteiger partial charge on any atom is -0.461 e.